The number of aliphatic hydroxyl groups is 1. The van der Waals surface area contributed by atoms with Crippen LogP contribution in [0.4, 0.5) is 0 Å². The van der Waals surface area contributed by atoms with Crippen LogP contribution in [0.5, 0.6) is 5.75 Å². The summed E-state index contributed by atoms with van der Waals surface area (Å²) in [6.45, 7) is 7.64. The number of aliphatic hydroxyl groups excluding tert-OH is 1. The minimum absolute atomic E-state index is 0.0302. The Hall–Kier alpha value is -1.59. The molecule has 5 nitrogen and oxygen atoms in total. The van der Waals surface area contributed by atoms with Crippen molar-refractivity contribution in [2.75, 3.05) is 39.3 Å². The number of para-hydroxylation sites is 1. The molecule has 1 heterocycles. The minimum Gasteiger partial charge on any atom is -0.483 e. The van der Waals surface area contributed by atoms with Crippen LogP contribution in [0.3, 0.4) is 0 Å². The maximum absolute atomic E-state index is 12.2. The van der Waals surface area contributed by atoms with E-state index in [2.05, 4.69) is 11.8 Å². The third-order valence-electron chi connectivity index (χ3n) is 3.95. The standard InChI is InChI=1S/C17H26N2O3/c1-3-15-6-4-5-7-16(15)22-13-17(21)19-10-8-18(9-11-19)12-14(2)20/h4-7,14,20H,3,8-13H2,1-2H3/t14-/m0/s1. The number of carbonyl (C=O) groups excluding carboxylic acids is 1. The predicted octanol–water partition coefficient (Wildman–Crippen LogP) is 1.15. The van der Waals surface area contributed by atoms with Crippen LogP contribution in [0.25, 0.3) is 0 Å². The van der Waals surface area contributed by atoms with Crippen molar-refractivity contribution < 1.29 is 14.6 Å². The number of ether oxygens (including phenoxy) is 1. The molecule has 1 N–H and O–H groups in total. The second-order valence-corrected chi connectivity index (χ2v) is 5.78. The average molecular weight is 306 g/mol. The smallest absolute Gasteiger partial charge is 0.260 e. The van der Waals surface area contributed by atoms with Crippen LogP contribution in [0.1, 0.15) is 19.4 Å². The Balaban J connectivity index is 1.79. The molecule has 1 saturated heterocycles. The highest BCUT2D eigenvalue weighted by Crippen LogP contribution is 2.18. The van der Waals surface area contributed by atoms with Crippen molar-refractivity contribution in [2.45, 2.75) is 26.4 Å². The Bertz CT molecular complexity index is 483. The van der Waals surface area contributed by atoms with Crippen LogP contribution < -0.4 is 4.74 Å². The fourth-order valence-corrected chi connectivity index (χ4v) is 2.72. The summed E-state index contributed by atoms with van der Waals surface area (Å²) >= 11 is 0. The molecule has 0 saturated carbocycles. The first-order valence-electron chi connectivity index (χ1n) is 7.99. The molecule has 0 spiro atoms. The molecule has 0 unspecified atom stereocenters. The van der Waals surface area contributed by atoms with E-state index in [1.54, 1.807) is 6.92 Å². The van der Waals surface area contributed by atoms with Gasteiger partial charge in [0.15, 0.2) is 6.61 Å². The maximum Gasteiger partial charge on any atom is 0.260 e. The van der Waals surface area contributed by atoms with Crippen molar-refractivity contribution in [2.24, 2.45) is 0 Å². The Kier molecular flexibility index (Phi) is 6.21. The second-order valence-electron chi connectivity index (χ2n) is 5.78. The Morgan fingerprint density at radius 2 is 1.95 bits per heavy atom. The average Bonchev–Trinajstić information content (AvgIpc) is 2.53. The number of hydrogen-bond acceptors (Lipinski definition) is 4. The molecule has 1 amide bonds. The molecule has 5 heteroatoms. The lowest BCUT2D eigenvalue weighted by Crippen LogP contribution is -2.51. The van der Waals surface area contributed by atoms with Gasteiger partial charge in [-0.25, -0.2) is 0 Å². The van der Waals surface area contributed by atoms with E-state index in [4.69, 9.17) is 4.74 Å². The van der Waals surface area contributed by atoms with E-state index >= 15 is 0 Å². The van der Waals surface area contributed by atoms with E-state index in [0.29, 0.717) is 19.6 Å². The summed E-state index contributed by atoms with van der Waals surface area (Å²) in [5.41, 5.74) is 1.12. The fraction of sp³-hybridized carbons (Fsp3) is 0.588. The van der Waals surface area contributed by atoms with Crippen LogP contribution in [0.2, 0.25) is 0 Å². The number of benzene rings is 1. The largest absolute Gasteiger partial charge is 0.483 e. The van der Waals surface area contributed by atoms with Crippen molar-refractivity contribution in [1.29, 1.82) is 0 Å². The highest BCUT2D eigenvalue weighted by Gasteiger charge is 2.22. The molecular weight excluding hydrogens is 280 g/mol. The lowest BCUT2D eigenvalue weighted by Gasteiger charge is -2.35. The van der Waals surface area contributed by atoms with Crippen molar-refractivity contribution in [1.82, 2.24) is 9.80 Å². The second kappa shape index (κ2) is 8.15. The summed E-state index contributed by atoms with van der Waals surface area (Å²) in [7, 11) is 0. The topological polar surface area (TPSA) is 53.0 Å². The summed E-state index contributed by atoms with van der Waals surface area (Å²) in [5, 5.41) is 9.40. The Labute approximate surface area is 132 Å². The van der Waals surface area contributed by atoms with E-state index < -0.39 is 0 Å². The summed E-state index contributed by atoms with van der Waals surface area (Å²) in [6, 6.07) is 7.84. The van der Waals surface area contributed by atoms with E-state index in [9.17, 15) is 9.90 Å². The predicted molar refractivity (Wildman–Crippen MR) is 86.0 cm³/mol. The molecule has 122 valence electrons. The molecule has 1 atom stereocenters. The van der Waals surface area contributed by atoms with Crippen molar-refractivity contribution in [3.05, 3.63) is 29.8 Å². The van der Waals surface area contributed by atoms with Gasteiger partial charge in [0.25, 0.3) is 5.91 Å². The maximum atomic E-state index is 12.2. The first-order chi connectivity index (χ1) is 10.6. The van der Waals surface area contributed by atoms with E-state index in [1.165, 1.54) is 0 Å². The fourth-order valence-electron chi connectivity index (χ4n) is 2.72. The van der Waals surface area contributed by atoms with Gasteiger partial charge >= 0.3 is 0 Å². The normalized spacial score (nSPS) is 17.3. The van der Waals surface area contributed by atoms with Gasteiger partial charge in [0.2, 0.25) is 0 Å². The van der Waals surface area contributed by atoms with Gasteiger partial charge in [-0.15, -0.1) is 0 Å². The molecule has 1 aromatic rings. The third-order valence-corrected chi connectivity index (χ3v) is 3.95. The number of hydrogen-bond donors (Lipinski definition) is 1. The summed E-state index contributed by atoms with van der Waals surface area (Å²) in [5.74, 6) is 0.827. The molecular formula is C17H26N2O3. The number of aryl methyl sites for hydroxylation is 1. The van der Waals surface area contributed by atoms with Crippen LogP contribution in [0.15, 0.2) is 24.3 Å². The molecule has 2 rings (SSSR count). The molecule has 22 heavy (non-hydrogen) atoms. The van der Waals surface area contributed by atoms with Gasteiger partial charge in [0.05, 0.1) is 6.10 Å². The molecule has 0 radical (unpaired) electrons. The zero-order valence-electron chi connectivity index (χ0n) is 13.5. The quantitative estimate of drug-likeness (QED) is 0.857. The van der Waals surface area contributed by atoms with Crippen LogP contribution in [0, 0.1) is 0 Å². The number of β-amino-alcohol motifs (C(OH)–C–C–N with tert-alkyl or cyclic N) is 1. The molecule has 0 bridgehead atoms. The number of carbonyl (C=O) groups is 1. The van der Waals surface area contributed by atoms with Gasteiger partial charge in [-0.05, 0) is 25.0 Å². The van der Waals surface area contributed by atoms with E-state index in [0.717, 1.165) is 30.8 Å². The molecule has 0 aromatic heterocycles. The van der Waals surface area contributed by atoms with Gasteiger partial charge in [-0.2, -0.15) is 0 Å². The number of nitrogens with zero attached hydrogens (tertiary/aromatic N) is 2. The van der Waals surface area contributed by atoms with Gasteiger partial charge < -0.3 is 14.7 Å². The van der Waals surface area contributed by atoms with Gasteiger partial charge in [0, 0.05) is 32.7 Å². The molecule has 0 aliphatic carbocycles. The van der Waals surface area contributed by atoms with Crippen LogP contribution >= 0.6 is 0 Å². The Morgan fingerprint density at radius 1 is 1.27 bits per heavy atom. The first kappa shape index (κ1) is 16.8. The van der Waals surface area contributed by atoms with Crippen LogP contribution in [-0.4, -0.2) is 66.2 Å². The van der Waals surface area contributed by atoms with Crippen LogP contribution in [-0.2, 0) is 11.2 Å². The van der Waals surface area contributed by atoms with Crippen molar-refractivity contribution in [3.8, 4) is 5.75 Å². The summed E-state index contributed by atoms with van der Waals surface area (Å²) in [4.78, 5) is 16.3. The van der Waals surface area contributed by atoms with Gasteiger partial charge in [-0.3, -0.25) is 9.69 Å². The van der Waals surface area contributed by atoms with Gasteiger partial charge in [0.1, 0.15) is 5.75 Å². The SMILES string of the molecule is CCc1ccccc1OCC(=O)N1CCN(C[C@H](C)O)CC1. The lowest BCUT2D eigenvalue weighted by molar-refractivity contribution is -0.135. The molecule has 1 aliphatic heterocycles. The van der Waals surface area contributed by atoms with E-state index in [-0.39, 0.29) is 18.6 Å². The minimum atomic E-state index is -0.323. The summed E-state index contributed by atoms with van der Waals surface area (Å²) in [6.07, 6.45) is 0.568. The zero-order valence-corrected chi connectivity index (χ0v) is 13.5. The number of rotatable bonds is 6. The molecule has 1 aliphatic rings. The third kappa shape index (κ3) is 4.71. The van der Waals surface area contributed by atoms with Gasteiger partial charge in [-0.1, -0.05) is 25.1 Å². The number of amides is 1. The zero-order chi connectivity index (χ0) is 15.9. The Morgan fingerprint density at radius 3 is 2.59 bits per heavy atom. The molecule has 1 aromatic carbocycles. The van der Waals surface area contributed by atoms with Crippen molar-refractivity contribution in [3.63, 3.8) is 0 Å². The highest BCUT2D eigenvalue weighted by molar-refractivity contribution is 5.78. The number of piperazine rings is 1. The monoisotopic (exact) mass is 306 g/mol. The van der Waals surface area contributed by atoms with E-state index in [1.807, 2.05) is 29.2 Å². The molecule has 1 fully saturated rings. The highest BCUT2D eigenvalue weighted by atomic mass is 16.5. The van der Waals surface area contributed by atoms with Crippen molar-refractivity contribution >= 4 is 5.91 Å². The first-order valence-corrected chi connectivity index (χ1v) is 7.99. The lowest BCUT2D eigenvalue weighted by atomic mass is 10.1. The summed E-state index contributed by atoms with van der Waals surface area (Å²) < 4.78 is 5.69.